The second-order valence-electron chi connectivity index (χ2n) is 6.56. The number of carbonyl (C=O) groups excluding carboxylic acids is 1. The third kappa shape index (κ3) is 5.30. The first-order valence-electron chi connectivity index (χ1n) is 9.21. The molecule has 3 rings (SSSR count). The minimum Gasteiger partial charge on any atom is -0.489 e. The maximum absolute atomic E-state index is 13.1. The van der Waals surface area contributed by atoms with Crippen molar-refractivity contribution in [1.29, 1.82) is 0 Å². The zero-order valence-electron chi connectivity index (χ0n) is 15.5. The lowest BCUT2D eigenvalue weighted by atomic mass is 9.87. The van der Waals surface area contributed by atoms with Gasteiger partial charge in [-0.05, 0) is 29.7 Å². The number of ketones is 1. The van der Waals surface area contributed by atoms with E-state index in [1.807, 2.05) is 66.7 Å². The van der Waals surface area contributed by atoms with Crippen molar-refractivity contribution in [3.8, 4) is 5.75 Å². The number of ether oxygens (including phenoxy) is 1. The number of Topliss-reactive ketones (excluding diaryl/α,β-unsaturated/α-hetero) is 1. The molecule has 0 bridgehead atoms. The van der Waals surface area contributed by atoms with Crippen LogP contribution in [0.1, 0.15) is 40.2 Å². The Bertz CT molecular complexity index is 920. The Balaban J connectivity index is 1.77. The quantitative estimate of drug-likeness (QED) is 0.530. The molecule has 3 aromatic rings. The van der Waals surface area contributed by atoms with Gasteiger partial charge in [0, 0.05) is 17.9 Å². The summed E-state index contributed by atoms with van der Waals surface area (Å²) in [4.78, 5) is 24.2. The van der Waals surface area contributed by atoms with E-state index in [9.17, 15) is 9.59 Å². The first-order valence-corrected chi connectivity index (χ1v) is 9.21. The summed E-state index contributed by atoms with van der Waals surface area (Å²) >= 11 is 0. The van der Waals surface area contributed by atoms with Crippen LogP contribution in [0.4, 0.5) is 0 Å². The van der Waals surface area contributed by atoms with Crippen LogP contribution < -0.4 is 4.74 Å². The van der Waals surface area contributed by atoms with Crippen LogP contribution in [0.25, 0.3) is 0 Å². The second-order valence-corrected chi connectivity index (χ2v) is 6.56. The van der Waals surface area contributed by atoms with Crippen LogP contribution >= 0.6 is 0 Å². The highest BCUT2D eigenvalue weighted by molar-refractivity contribution is 6.01. The van der Waals surface area contributed by atoms with Crippen LogP contribution in [0, 0.1) is 0 Å². The highest BCUT2D eigenvalue weighted by Crippen LogP contribution is 2.27. The number of carboxylic acids is 1. The molecule has 142 valence electrons. The Morgan fingerprint density at radius 3 is 2.21 bits per heavy atom. The van der Waals surface area contributed by atoms with Gasteiger partial charge in [-0.15, -0.1) is 0 Å². The van der Waals surface area contributed by atoms with E-state index in [0.29, 0.717) is 17.9 Å². The molecule has 1 N–H and O–H groups in total. The molecule has 28 heavy (non-hydrogen) atoms. The van der Waals surface area contributed by atoms with Gasteiger partial charge in [-0.25, -0.2) is 0 Å². The van der Waals surface area contributed by atoms with Crippen LogP contribution in [0.3, 0.4) is 0 Å². The maximum Gasteiger partial charge on any atom is 0.303 e. The van der Waals surface area contributed by atoms with Crippen molar-refractivity contribution < 1.29 is 19.4 Å². The third-order valence-electron chi connectivity index (χ3n) is 4.53. The van der Waals surface area contributed by atoms with E-state index < -0.39 is 11.9 Å². The lowest BCUT2D eigenvalue weighted by molar-refractivity contribution is -0.137. The Morgan fingerprint density at radius 1 is 0.857 bits per heavy atom. The number of hydrogen-bond acceptors (Lipinski definition) is 3. The molecule has 1 atom stereocenters. The van der Waals surface area contributed by atoms with Crippen molar-refractivity contribution in [2.45, 2.75) is 25.4 Å². The molecule has 0 fully saturated rings. The lowest BCUT2D eigenvalue weighted by Gasteiger charge is -2.16. The van der Waals surface area contributed by atoms with E-state index in [1.54, 1.807) is 18.2 Å². The fourth-order valence-electron chi connectivity index (χ4n) is 3.08. The van der Waals surface area contributed by atoms with Gasteiger partial charge in [0.1, 0.15) is 12.4 Å². The van der Waals surface area contributed by atoms with Crippen LogP contribution in [0.2, 0.25) is 0 Å². The summed E-state index contributed by atoms with van der Waals surface area (Å²) < 4.78 is 5.82. The van der Waals surface area contributed by atoms with Gasteiger partial charge in [0.15, 0.2) is 5.78 Å². The summed E-state index contributed by atoms with van der Waals surface area (Å²) in [5, 5.41) is 9.05. The molecule has 0 saturated carbocycles. The summed E-state index contributed by atoms with van der Waals surface area (Å²) in [6, 6.07) is 26.2. The maximum atomic E-state index is 13.1. The zero-order valence-corrected chi connectivity index (χ0v) is 15.5. The number of hydrogen-bond donors (Lipinski definition) is 1. The highest BCUT2D eigenvalue weighted by Gasteiger charge is 2.23. The van der Waals surface area contributed by atoms with E-state index in [2.05, 4.69) is 0 Å². The molecule has 0 aliphatic carbocycles. The average molecular weight is 374 g/mol. The van der Waals surface area contributed by atoms with Gasteiger partial charge in [-0.2, -0.15) is 0 Å². The zero-order chi connectivity index (χ0) is 19.8. The molecule has 3 aromatic carbocycles. The van der Waals surface area contributed by atoms with Crippen molar-refractivity contribution in [3.05, 3.63) is 102 Å². The Morgan fingerprint density at radius 2 is 1.54 bits per heavy atom. The van der Waals surface area contributed by atoms with Crippen LogP contribution in [0.5, 0.6) is 5.75 Å². The molecule has 0 saturated heterocycles. The fourth-order valence-corrected chi connectivity index (χ4v) is 3.08. The summed E-state index contributed by atoms with van der Waals surface area (Å²) in [6.07, 6.45) is 0.197. The molecule has 0 heterocycles. The smallest absolute Gasteiger partial charge is 0.303 e. The minimum atomic E-state index is -0.909. The number of rotatable bonds is 9. The van der Waals surface area contributed by atoms with Gasteiger partial charge in [0.05, 0.1) is 0 Å². The van der Waals surface area contributed by atoms with Gasteiger partial charge >= 0.3 is 5.97 Å². The largest absolute Gasteiger partial charge is 0.489 e. The molecular weight excluding hydrogens is 352 g/mol. The second kappa shape index (κ2) is 9.51. The normalized spacial score (nSPS) is 11.6. The summed E-state index contributed by atoms with van der Waals surface area (Å²) in [5.74, 6) is -0.896. The molecule has 0 unspecified atom stereocenters. The fraction of sp³-hybridized carbons (Fsp3) is 0.167. The van der Waals surface area contributed by atoms with Crippen LogP contribution in [-0.4, -0.2) is 16.9 Å². The van der Waals surface area contributed by atoms with E-state index in [1.165, 1.54) is 0 Å². The van der Waals surface area contributed by atoms with Gasteiger partial charge in [-0.3, -0.25) is 9.59 Å². The predicted octanol–water partition coefficient (Wildman–Crippen LogP) is 5.10. The van der Waals surface area contributed by atoms with Gasteiger partial charge in [-0.1, -0.05) is 72.8 Å². The SMILES string of the molecule is O=C(O)CC[C@@H](C(=O)c1cccc(OCc2ccccc2)c1)c1ccccc1. The summed E-state index contributed by atoms with van der Waals surface area (Å²) in [6.45, 7) is 0.416. The summed E-state index contributed by atoms with van der Waals surface area (Å²) in [7, 11) is 0. The molecular formula is C24H22O4. The lowest BCUT2D eigenvalue weighted by Crippen LogP contribution is -2.15. The molecule has 0 amide bonds. The molecule has 4 heteroatoms. The van der Waals surface area contributed by atoms with Crippen LogP contribution in [-0.2, 0) is 11.4 Å². The van der Waals surface area contributed by atoms with Gasteiger partial charge < -0.3 is 9.84 Å². The van der Waals surface area contributed by atoms with Gasteiger partial charge in [0.2, 0.25) is 0 Å². The Labute approximate surface area is 164 Å². The predicted molar refractivity (Wildman–Crippen MR) is 108 cm³/mol. The Kier molecular flexibility index (Phi) is 6.58. The van der Waals surface area contributed by atoms with E-state index in [0.717, 1.165) is 11.1 Å². The van der Waals surface area contributed by atoms with Gasteiger partial charge in [0.25, 0.3) is 0 Å². The molecule has 0 spiro atoms. The van der Waals surface area contributed by atoms with Crippen molar-refractivity contribution >= 4 is 11.8 Å². The van der Waals surface area contributed by atoms with E-state index in [-0.39, 0.29) is 18.6 Å². The number of aliphatic carboxylic acids is 1. The number of carbonyl (C=O) groups is 2. The van der Waals surface area contributed by atoms with E-state index >= 15 is 0 Å². The van der Waals surface area contributed by atoms with Crippen molar-refractivity contribution in [2.75, 3.05) is 0 Å². The topological polar surface area (TPSA) is 63.6 Å². The molecule has 0 aliphatic rings. The first kappa shape index (κ1) is 19.4. The minimum absolute atomic E-state index is 0.0600. The molecule has 0 aliphatic heterocycles. The van der Waals surface area contributed by atoms with Crippen molar-refractivity contribution in [1.82, 2.24) is 0 Å². The first-order chi connectivity index (χ1) is 13.6. The third-order valence-corrected chi connectivity index (χ3v) is 4.53. The number of carboxylic acid groups (broad SMARTS) is 1. The van der Waals surface area contributed by atoms with Crippen molar-refractivity contribution in [3.63, 3.8) is 0 Å². The van der Waals surface area contributed by atoms with Crippen LogP contribution in [0.15, 0.2) is 84.9 Å². The molecule has 0 radical (unpaired) electrons. The average Bonchev–Trinajstić information content (AvgIpc) is 2.74. The molecule has 0 aromatic heterocycles. The summed E-state index contributed by atoms with van der Waals surface area (Å²) in [5.41, 5.74) is 2.39. The Hall–Kier alpha value is -3.40. The van der Waals surface area contributed by atoms with Crippen molar-refractivity contribution in [2.24, 2.45) is 0 Å². The monoisotopic (exact) mass is 374 g/mol. The molecule has 4 nitrogen and oxygen atoms in total. The number of benzene rings is 3. The highest BCUT2D eigenvalue weighted by atomic mass is 16.5. The standard InChI is InChI=1S/C24H22O4/c25-23(26)15-14-22(19-10-5-2-6-11-19)24(27)20-12-7-13-21(16-20)28-17-18-8-3-1-4-9-18/h1-13,16,22H,14-15,17H2,(H,25,26)/t22-/m1/s1. The van der Waals surface area contributed by atoms with E-state index in [4.69, 9.17) is 9.84 Å².